The first-order chi connectivity index (χ1) is 9.58. The van der Waals surface area contributed by atoms with Gasteiger partial charge in [-0.25, -0.2) is 9.37 Å². The quantitative estimate of drug-likeness (QED) is 0.779. The van der Waals surface area contributed by atoms with Crippen LogP contribution in [0.25, 0.3) is 16.7 Å². The standard InChI is InChI=1S/C15H15FN4/c1-19(2)13-5-3-4-6-14(13)20-12-8-7-10(16)9-11(12)18-15(20)17/h3-9H,1-2H3,(H2,17,18). The Morgan fingerprint density at radius 2 is 1.90 bits per heavy atom. The Morgan fingerprint density at radius 3 is 2.65 bits per heavy atom. The molecule has 0 saturated heterocycles. The van der Waals surface area contributed by atoms with Gasteiger partial charge in [-0.1, -0.05) is 12.1 Å². The fourth-order valence-corrected chi connectivity index (χ4v) is 2.36. The van der Waals surface area contributed by atoms with Crippen LogP contribution < -0.4 is 10.6 Å². The number of hydrogen-bond donors (Lipinski definition) is 1. The van der Waals surface area contributed by atoms with Gasteiger partial charge in [-0.05, 0) is 24.3 Å². The van der Waals surface area contributed by atoms with E-state index < -0.39 is 0 Å². The van der Waals surface area contributed by atoms with Gasteiger partial charge >= 0.3 is 0 Å². The molecule has 1 heterocycles. The van der Waals surface area contributed by atoms with Crippen LogP contribution in [0, 0.1) is 5.82 Å². The van der Waals surface area contributed by atoms with Crippen LogP contribution in [0.1, 0.15) is 0 Å². The van der Waals surface area contributed by atoms with Crippen molar-refractivity contribution in [3.63, 3.8) is 0 Å². The van der Waals surface area contributed by atoms with Crippen molar-refractivity contribution in [2.75, 3.05) is 24.7 Å². The smallest absolute Gasteiger partial charge is 0.206 e. The van der Waals surface area contributed by atoms with Crippen LogP contribution in [0.5, 0.6) is 0 Å². The van der Waals surface area contributed by atoms with Crippen molar-refractivity contribution >= 4 is 22.7 Å². The first-order valence-corrected chi connectivity index (χ1v) is 6.28. The summed E-state index contributed by atoms with van der Waals surface area (Å²) in [5.74, 6) is 0.0305. The zero-order valence-corrected chi connectivity index (χ0v) is 11.3. The number of hydrogen-bond acceptors (Lipinski definition) is 3. The number of aromatic nitrogens is 2. The topological polar surface area (TPSA) is 47.1 Å². The summed E-state index contributed by atoms with van der Waals surface area (Å²) in [4.78, 5) is 6.24. The molecule has 0 unspecified atom stereocenters. The minimum Gasteiger partial charge on any atom is -0.376 e. The molecule has 0 fully saturated rings. The van der Waals surface area contributed by atoms with Gasteiger partial charge in [-0.2, -0.15) is 0 Å². The maximum absolute atomic E-state index is 13.3. The van der Waals surface area contributed by atoms with Crippen LogP contribution in [0.4, 0.5) is 16.0 Å². The summed E-state index contributed by atoms with van der Waals surface area (Å²) in [6.07, 6.45) is 0. The van der Waals surface area contributed by atoms with Gasteiger partial charge in [-0.15, -0.1) is 0 Å². The third kappa shape index (κ3) is 1.87. The number of imidazole rings is 1. The molecule has 1 aromatic heterocycles. The Labute approximate surface area is 116 Å². The summed E-state index contributed by atoms with van der Waals surface area (Å²) < 4.78 is 15.1. The van der Waals surface area contributed by atoms with Crippen molar-refractivity contribution in [2.45, 2.75) is 0 Å². The Morgan fingerprint density at radius 1 is 1.15 bits per heavy atom. The highest BCUT2D eigenvalue weighted by Crippen LogP contribution is 2.29. The highest BCUT2D eigenvalue weighted by molar-refractivity contribution is 5.83. The van der Waals surface area contributed by atoms with Gasteiger partial charge in [0.2, 0.25) is 5.95 Å². The number of benzene rings is 2. The zero-order chi connectivity index (χ0) is 14.3. The predicted octanol–water partition coefficient (Wildman–Crippen LogP) is 2.81. The van der Waals surface area contributed by atoms with E-state index in [-0.39, 0.29) is 5.82 Å². The highest BCUT2D eigenvalue weighted by Gasteiger charge is 2.14. The molecule has 0 aliphatic heterocycles. The van der Waals surface area contributed by atoms with Gasteiger partial charge < -0.3 is 10.6 Å². The van der Waals surface area contributed by atoms with Crippen LogP contribution in [-0.4, -0.2) is 23.6 Å². The van der Waals surface area contributed by atoms with E-state index in [4.69, 9.17) is 5.73 Å². The van der Waals surface area contributed by atoms with E-state index in [9.17, 15) is 4.39 Å². The summed E-state index contributed by atoms with van der Waals surface area (Å²) in [7, 11) is 3.93. The number of nitrogen functional groups attached to an aromatic ring is 1. The summed E-state index contributed by atoms with van der Waals surface area (Å²) >= 11 is 0. The molecule has 5 heteroatoms. The second-order valence-corrected chi connectivity index (χ2v) is 4.82. The number of anilines is 2. The van der Waals surface area contributed by atoms with Crippen LogP contribution in [-0.2, 0) is 0 Å². The van der Waals surface area contributed by atoms with Crippen LogP contribution in [0.15, 0.2) is 42.5 Å². The fourth-order valence-electron chi connectivity index (χ4n) is 2.36. The van der Waals surface area contributed by atoms with E-state index in [0.717, 1.165) is 16.9 Å². The highest BCUT2D eigenvalue weighted by atomic mass is 19.1. The van der Waals surface area contributed by atoms with E-state index in [2.05, 4.69) is 4.98 Å². The normalized spacial score (nSPS) is 10.9. The van der Waals surface area contributed by atoms with E-state index in [1.165, 1.54) is 12.1 Å². The minimum absolute atomic E-state index is 0.317. The molecular weight excluding hydrogens is 255 g/mol. The molecule has 0 aliphatic rings. The third-order valence-electron chi connectivity index (χ3n) is 3.25. The van der Waals surface area contributed by atoms with Gasteiger partial charge in [0.05, 0.1) is 22.4 Å². The largest absolute Gasteiger partial charge is 0.376 e. The van der Waals surface area contributed by atoms with Crippen LogP contribution >= 0.6 is 0 Å². The average molecular weight is 270 g/mol. The molecule has 0 amide bonds. The second-order valence-electron chi connectivity index (χ2n) is 4.82. The number of rotatable bonds is 2. The molecule has 3 rings (SSSR count). The van der Waals surface area contributed by atoms with E-state index in [1.807, 2.05) is 47.8 Å². The summed E-state index contributed by atoms with van der Waals surface area (Å²) in [6, 6.07) is 12.4. The van der Waals surface area contributed by atoms with Crippen LogP contribution in [0.3, 0.4) is 0 Å². The van der Waals surface area contributed by atoms with Crippen molar-refractivity contribution in [1.82, 2.24) is 9.55 Å². The first kappa shape index (κ1) is 12.5. The molecule has 3 aromatic rings. The van der Waals surface area contributed by atoms with E-state index in [1.54, 1.807) is 6.07 Å². The molecule has 102 valence electrons. The molecule has 0 atom stereocenters. The summed E-state index contributed by atoms with van der Waals surface area (Å²) in [6.45, 7) is 0. The molecule has 4 nitrogen and oxygen atoms in total. The summed E-state index contributed by atoms with van der Waals surface area (Å²) in [5, 5.41) is 0. The van der Waals surface area contributed by atoms with Crippen LogP contribution in [0.2, 0.25) is 0 Å². The first-order valence-electron chi connectivity index (χ1n) is 6.28. The predicted molar refractivity (Wildman–Crippen MR) is 79.8 cm³/mol. The Balaban J connectivity index is 2.33. The summed E-state index contributed by atoms with van der Waals surface area (Å²) in [5.41, 5.74) is 9.29. The molecule has 0 radical (unpaired) electrons. The number of nitrogens with zero attached hydrogens (tertiary/aromatic N) is 3. The van der Waals surface area contributed by atoms with Gasteiger partial charge in [0.25, 0.3) is 0 Å². The Bertz CT molecular complexity index is 777. The fraction of sp³-hybridized carbons (Fsp3) is 0.133. The number of fused-ring (bicyclic) bond motifs is 1. The lowest BCUT2D eigenvalue weighted by Gasteiger charge is -2.18. The van der Waals surface area contributed by atoms with Gasteiger partial charge in [0.15, 0.2) is 0 Å². The number of para-hydroxylation sites is 2. The second kappa shape index (κ2) is 4.52. The van der Waals surface area contributed by atoms with E-state index >= 15 is 0 Å². The van der Waals surface area contributed by atoms with Gasteiger partial charge in [0, 0.05) is 20.2 Å². The lowest BCUT2D eigenvalue weighted by molar-refractivity contribution is 0.629. The van der Waals surface area contributed by atoms with Crippen molar-refractivity contribution < 1.29 is 4.39 Å². The zero-order valence-electron chi connectivity index (χ0n) is 11.3. The molecular formula is C15H15FN4. The molecule has 2 aromatic carbocycles. The minimum atomic E-state index is -0.317. The molecule has 0 spiro atoms. The molecule has 20 heavy (non-hydrogen) atoms. The Kier molecular flexibility index (Phi) is 2.82. The van der Waals surface area contributed by atoms with Gasteiger partial charge in [-0.3, -0.25) is 4.57 Å². The third-order valence-corrected chi connectivity index (χ3v) is 3.25. The molecule has 0 saturated carbocycles. The lowest BCUT2D eigenvalue weighted by Crippen LogP contribution is -2.13. The average Bonchev–Trinajstić information content (AvgIpc) is 2.73. The van der Waals surface area contributed by atoms with E-state index in [0.29, 0.717) is 11.5 Å². The SMILES string of the molecule is CN(C)c1ccccc1-n1c(N)nc2cc(F)ccc21. The van der Waals surface area contributed by atoms with Crippen molar-refractivity contribution in [3.05, 3.63) is 48.3 Å². The maximum atomic E-state index is 13.3. The van der Waals surface area contributed by atoms with Gasteiger partial charge in [0.1, 0.15) is 5.82 Å². The van der Waals surface area contributed by atoms with Crippen molar-refractivity contribution in [3.8, 4) is 5.69 Å². The molecule has 2 N–H and O–H groups in total. The lowest BCUT2D eigenvalue weighted by atomic mass is 10.2. The monoisotopic (exact) mass is 270 g/mol. The van der Waals surface area contributed by atoms with Crippen molar-refractivity contribution in [2.24, 2.45) is 0 Å². The number of nitrogens with two attached hydrogens (primary N) is 1. The molecule has 0 bridgehead atoms. The molecule has 0 aliphatic carbocycles. The number of halogens is 1. The Hall–Kier alpha value is -2.56. The maximum Gasteiger partial charge on any atom is 0.206 e. The van der Waals surface area contributed by atoms with Crippen molar-refractivity contribution in [1.29, 1.82) is 0 Å².